The Morgan fingerprint density at radius 1 is 1.43 bits per heavy atom. The van der Waals surface area contributed by atoms with E-state index in [0.717, 1.165) is 19.3 Å². The number of nitrogen functional groups attached to an aromatic ring is 1. The summed E-state index contributed by atoms with van der Waals surface area (Å²) < 4.78 is 0. The summed E-state index contributed by atoms with van der Waals surface area (Å²) in [5.74, 6) is 0.331. The molecule has 78 valence electrons. The van der Waals surface area contributed by atoms with Crippen molar-refractivity contribution in [3.8, 4) is 0 Å². The highest BCUT2D eigenvalue weighted by atomic mass is 32.2. The first kappa shape index (κ1) is 9.79. The Bertz CT molecular complexity index is 303. The maximum atomic E-state index is 9.72. The van der Waals surface area contributed by atoms with Gasteiger partial charge in [-0.3, -0.25) is 0 Å². The fraction of sp³-hybridized carbons (Fsp3) is 0.750. The smallest absolute Gasteiger partial charge is 0.216 e. The summed E-state index contributed by atoms with van der Waals surface area (Å²) in [4.78, 5) is 4.00. The highest BCUT2D eigenvalue weighted by Gasteiger charge is 2.25. The SMILES string of the molecule is Nc1nc(SC2CCCCC2O)n[nH]1. The highest BCUT2D eigenvalue weighted by molar-refractivity contribution is 7.99. The summed E-state index contributed by atoms with van der Waals surface area (Å²) in [7, 11) is 0. The van der Waals surface area contributed by atoms with Crippen molar-refractivity contribution in [2.75, 3.05) is 5.73 Å². The van der Waals surface area contributed by atoms with E-state index in [9.17, 15) is 5.11 Å². The van der Waals surface area contributed by atoms with Gasteiger partial charge in [-0.15, -0.1) is 5.10 Å². The van der Waals surface area contributed by atoms with Crippen LogP contribution in [-0.2, 0) is 0 Å². The second kappa shape index (κ2) is 4.18. The fourth-order valence-corrected chi connectivity index (χ4v) is 2.76. The monoisotopic (exact) mass is 214 g/mol. The minimum absolute atomic E-state index is 0.221. The number of rotatable bonds is 2. The number of nitrogens with two attached hydrogens (primary N) is 1. The third kappa shape index (κ3) is 2.19. The summed E-state index contributed by atoms with van der Waals surface area (Å²) >= 11 is 1.51. The zero-order valence-corrected chi connectivity index (χ0v) is 8.63. The molecule has 1 aromatic rings. The van der Waals surface area contributed by atoms with Crippen molar-refractivity contribution in [3.63, 3.8) is 0 Å². The molecule has 2 atom stereocenters. The molecule has 6 heteroatoms. The van der Waals surface area contributed by atoms with Crippen LogP contribution in [-0.4, -0.2) is 31.6 Å². The molecule has 1 fully saturated rings. The van der Waals surface area contributed by atoms with Crippen molar-refractivity contribution in [2.45, 2.75) is 42.2 Å². The number of hydrogen-bond donors (Lipinski definition) is 3. The molecule has 1 aromatic heterocycles. The van der Waals surface area contributed by atoms with Crippen LogP contribution in [0.25, 0.3) is 0 Å². The van der Waals surface area contributed by atoms with Gasteiger partial charge in [-0.2, -0.15) is 4.98 Å². The summed E-state index contributed by atoms with van der Waals surface area (Å²) in [6.45, 7) is 0. The van der Waals surface area contributed by atoms with E-state index < -0.39 is 0 Å². The minimum Gasteiger partial charge on any atom is -0.392 e. The third-order valence-electron chi connectivity index (χ3n) is 2.41. The lowest BCUT2D eigenvalue weighted by Crippen LogP contribution is -2.26. The summed E-state index contributed by atoms with van der Waals surface area (Å²) in [5, 5.41) is 17.1. The van der Waals surface area contributed by atoms with Crippen LogP contribution in [0.15, 0.2) is 5.16 Å². The molecule has 1 aliphatic carbocycles. The largest absolute Gasteiger partial charge is 0.392 e. The molecule has 0 amide bonds. The van der Waals surface area contributed by atoms with E-state index in [1.165, 1.54) is 18.2 Å². The lowest BCUT2D eigenvalue weighted by Gasteiger charge is -2.25. The van der Waals surface area contributed by atoms with Gasteiger partial charge in [-0.05, 0) is 12.8 Å². The lowest BCUT2D eigenvalue weighted by atomic mass is 9.97. The molecule has 1 heterocycles. The fourth-order valence-electron chi connectivity index (χ4n) is 1.66. The second-order valence-corrected chi connectivity index (χ2v) is 4.72. The van der Waals surface area contributed by atoms with Crippen molar-refractivity contribution in [3.05, 3.63) is 0 Å². The molecule has 0 saturated heterocycles. The van der Waals surface area contributed by atoms with Crippen LogP contribution >= 0.6 is 11.8 Å². The van der Waals surface area contributed by atoms with Crippen LogP contribution in [0, 0.1) is 0 Å². The van der Waals surface area contributed by atoms with E-state index in [2.05, 4.69) is 15.2 Å². The first-order valence-electron chi connectivity index (χ1n) is 4.78. The quantitative estimate of drug-likeness (QED) is 0.677. The normalized spacial score (nSPS) is 27.8. The molecule has 0 radical (unpaired) electrons. The number of aromatic nitrogens is 3. The van der Waals surface area contributed by atoms with Crippen molar-refractivity contribution in [1.29, 1.82) is 0 Å². The minimum atomic E-state index is -0.228. The molecule has 2 unspecified atom stereocenters. The van der Waals surface area contributed by atoms with Crippen molar-refractivity contribution < 1.29 is 5.11 Å². The predicted octanol–water partition coefficient (Wildman–Crippen LogP) is 0.782. The van der Waals surface area contributed by atoms with E-state index in [-0.39, 0.29) is 11.4 Å². The Kier molecular flexibility index (Phi) is 2.93. The summed E-state index contributed by atoms with van der Waals surface area (Å²) in [6, 6.07) is 0. The van der Waals surface area contributed by atoms with Gasteiger partial charge in [0.25, 0.3) is 0 Å². The van der Waals surface area contributed by atoms with Crippen LogP contribution in [0.3, 0.4) is 0 Å². The van der Waals surface area contributed by atoms with Gasteiger partial charge in [-0.25, -0.2) is 5.10 Å². The average molecular weight is 214 g/mol. The number of aromatic amines is 1. The van der Waals surface area contributed by atoms with Crippen molar-refractivity contribution in [1.82, 2.24) is 15.2 Å². The van der Waals surface area contributed by atoms with Crippen LogP contribution in [0.1, 0.15) is 25.7 Å². The average Bonchev–Trinajstić information content (AvgIpc) is 2.56. The molecule has 2 rings (SSSR count). The van der Waals surface area contributed by atoms with Gasteiger partial charge in [0.15, 0.2) is 0 Å². The van der Waals surface area contributed by atoms with Gasteiger partial charge in [0.2, 0.25) is 11.1 Å². The van der Waals surface area contributed by atoms with Crippen LogP contribution in [0.5, 0.6) is 0 Å². The number of nitrogens with zero attached hydrogens (tertiary/aromatic N) is 2. The Labute approximate surface area is 86.5 Å². The van der Waals surface area contributed by atoms with Gasteiger partial charge < -0.3 is 10.8 Å². The number of nitrogens with one attached hydrogen (secondary N) is 1. The highest BCUT2D eigenvalue weighted by Crippen LogP contribution is 2.32. The zero-order valence-electron chi connectivity index (χ0n) is 7.81. The maximum Gasteiger partial charge on any atom is 0.216 e. The van der Waals surface area contributed by atoms with Gasteiger partial charge in [0, 0.05) is 5.25 Å². The summed E-state index contributed by atoms with van der Waals surface area (Å²) in [6.07, 6.45) is 3.98. The molecule has 0 bridgehead atoms. The van der Waals surface area contributed by atoms with Gasteiger partial charge >= 0.3 is 0 Å². The molecule has 0 aromatic carbocycles. The Morgan fingerprint density at radius 3 is 2.86 bits per heavy atom. The molecule has 0 spiro atoms. The molecule has 14 heavy (non-hydrogen) atoms. The van der Waals surface area contributed by atoms with E-state index in [4.69, 9.17) is 5.73 Å². The van der Waals surface area contributed by atoms with Gasteiger partial charge in [0.05, 0.1) is 6.10 Å². The molecule has 5 nitrogen and oxygen atoms in total. The molecule has 4 N–H and O–H groups in total. The van der Waals surface area contributed by atoms with Gasteiger partial charge in [-0.1, -0.05) is 24.6 Å². The Balaban J connectivity index is 1.95. The number of anilines is 1. The first-order chi connectivity index (χ1) is 6.75. The predicted molar refractivity (Wildman–Crippen MR) is 54.9 cm³/mol. The standard InChI is InChI=1S/C8H14N4OS/c9-7-10-8(12-11-7)14-6-4-2-1-3-5(6)13/h5-6,13H,1-4H2,(H3,9,10,11,12). The number of aliphatic hydroxyl groups excluding tert-OH is 1. The van der Waals surface area contributed by atoms with E-state index in [1.54, 1.807) is 0 Å². The van der Waals surface area contributed by atoms with Crippen molar-refractivity contribution >= 4 is 17.7 Å². The second-order valence-electron chi connectivity index (χ2n) is 3.51. The van der Waals surface area contributed by atoms with E-state index >= 15 is 0 Å². The van der Waals surface area contributed by atoms with Crippen LogP contribution < -0.4 is 5.73 Å². The van der Waals surface area contributed by atoms with E-state index in [1.807, 2.05) is 0 Å². The van der Waals surface area contributed by atoms with Gasteiger partial charge in [0.1, 0.15) is 0 Å². The lowest BCUT2D eigenvalue weighted by molar-refractivity contribution is 0.137. The summed E-state index contributed by atoms with van der Waals surface area (Å²) in [5.41, 5.74) is 5.41. The number of aliphatic hydroxyl groups is 1. The topological polar surface area (TPSA) is 87.8 Å². The van der Waals surface area contributed by atoms with E-state index in [0.29, 0.717) is 11.1 Å². The third-order valence-corrected chi connectivity index (χ3v) is 3.65. The first-order valence-corrected chi connectivity index (χ1v) is 5.66. The molecule has 1 aliphatic rings. The molecule has 1 saturated carbocycles. The molecular formula is C8H14N4OS. The van der Waals surface area contributed by atoms with Crippen molar-refractivity contribution in [2.24, 2.45) is 0 Å². The zero-order chi connectivity index (χ0) is 9.97. The molecule has 0 aliphatic heterocycles. The number of H-pyrrole nitrogens is 1. The number of hydrogen-bond acceptors (Lipinski definition) is 5. The Hall–Kier alpha value is -0.750. The molecular weight excluding hydrogens is 200 g/mol. The maximum absolute atomic E-state index is 9.72. The van der Waals surface area contributed by atoms with Crippen LogP contribution in [0.4, 0.5) is 5.95 Å². The van der Waals surface area contributed by atoms with Crippen LogP contribution in [0.2, 0.25) is 0 Å². The number of thioether (sulfide) groups is 1. The Morgan fingerprint density at radius 2 is 2.21 bits per heavy atom.